The molecule has 0 saturated heterocycles. The molecule has 2 aromatic carbocycles. The van der Waals surface area contributed by atoms with Crippen molar-refractivity contribution in [3.63, 3.8) is 0 Å². The molecule has 0 aromatic heterocycles. The van der Waals surface area contributed by atoms with Crippen molar-refractivity contribution in [3.05, 3.63) is 64.7 Å². The number of hydrazone groups is 1. The lowest BCUT2D eigenvalue weighted by molar-refractivity contribution is -0.137. The number of nitrogens with one attached hydrogen (secondary N) is 1. The lowest BCUT2D eigenvalue weighted by Gasteiger charge is -2.22. The fraction of sp³-hybridized carbons (Fsp3) is 0.150. The van der Waals surface area contributed by atoms with Crippen molar-refractivity contribution < 1.29 is 27.9 Å². The molecule has 0 aliphatic heterocycles. The summed E-state index contributed by atoms with van der Waals surface area (Å²) in [5.41, 5.74) is -1.67. The molecule has 0 spiro atoms. The monoisotopic (exact) mass is 463 g/mol. The van der Waals surface area contributed by atoms with Gasteiger partial charge in [0.1, 0.15) is 6.07 Å². The van der Waals surface area contributed by atoms with E-state index >= 15 is 0 Å². The van der Waals surface area contributed by atoms with E-state index in [1.54, 1.807) is 0 Å². The first-order valence-electron chi connectivity index (χ1n) is 8.60. The van der Waals surface area contributed by atoms with Crippen LogP contribution in [0.1, 0.15) is 18.1 Å². The first-order chi connectivity index (χ1) is 14.9. The van der Waals surface area contributed by atoms with Crippen LogP contribution in [-0.4, -0.2) is 22.8 Å². The fourth-order valence-corrected chi connectivity index (χ4v) is 2.59. The van der Waals surface area contributed by atoms with E-state index in [0.29, 0.717) is 22.7 Å². The Bertz CT molecular complexity index is 1150. The number of rotatable bonds is 5. The maximum atomic E-state index is 13.0. The highest BCUT2D eigenvalue weighted by Gasteiger charge is 2.34. The molecule has 0 heterocycles. The Balaban J connectivity index is 2.42. The third-order valence-electron chi connectivity index (χ3n) is 4.17. The van der Waals surface area contributed by atoms with Crippen LogP contribution < -0.4 is 10.3 Å². The van der Waals surface area contributed by atoms with Crippen molar-refractivity contribution in [1.29, 1.82) is 10.5 Å². The molecule has 0 radical (unpaired) electrons. The zero-order valence-corrected chi connectivity index (χ0v) is 16.9. The van der Waals surface area contributed by atoms with Crippen molar-refractivity contribution in [3.8, 4) is 12.1 Å². The van der Waals surface area contributed by atoms with Crippen LogP contribution in [0.3, 0.4) is 0 Å². The number of hydrogen-bond acceptors (Lipinski definition) is 6. The lowest BCUT2D eigenvalue weighted by atomic mass is 9.95. The molecule has 0 bridgehead atoms. The molecule has 8 nitrogen and oxygen atoms in total. The molecule has 12 heteroatoms. The Morgan fingerprint density at radius 1 is 1.12 bits per heavy atom. The maximum absolute atomic E-state index is 13.0. The summed E-state index contributed by atoms with van der Waals surface area (Å²) < 4.78 is 38.9. The highest BCUT2D eigenvalue weighted by atomic mass is 35.5. The van der Waals surface area contributed by atoms with E-state index < -0.39 is 40.7 Å². The average molecular weight is 464 g/mol. The summed E-state index contributed by atoms with van der Waals surface area (Å²) in [6, 6.07) is 12.3. The maximum Gasteiger partial charge on any atom is 0.419 e. The van der Waals surface area contributed by atoms with E-state index in [2.05, 4.69) is 10.5 Å². The molecule has 0 aliphatic carbocycles. The summed E-state index contributed by atoms with van der Waals surface area (Å²) in [5, 5.41) is 32.2. The van der Waals surface area contributed by atoms with Crippen molar-refractivity contribution >= 4 is 35.0 Å². The van der Waals surface area contributed by atoms with Gasteiger partial charge in [-0.1, -0.05) is 29.8 Å². The Hall–Kier alpha value is -4.09. The van der Waals surface area contributed by atoms with E-state index in [1.807, 2.05) is 6.07 Å². The standard InChI is InChI=1S/C20H13ClF3N5O3/c1-19(11-26,12-5-7-14(21)8-6-12)28-27-16(10-25)17(30)29(18(31)32)15-4-2-3-13(9-15)20(22,23)24/h2-9,28H,1H3,(H,31,32). The van der Waals surface area contributed by atoms with Gasteiger partial charge in [0.15, 0.2) is 5.54 Å². The molecule has 2 amide bonds. The molecular formula is C20H13ClF3N5O3. The van der Waals surface area contributed by atoms with E-state index in [1.165, 1.54) is 37.3 Å². The fourth-order valence-electron chi connectivity index (χ4n) is 2.47. The number of amides is 2. The second-order valence-corrected chi connectivity index (χ2v) is 6.84. The Morgan fingerprint density at radius 3 is 2.25 bits per heavy atom. The topological polar surface area (TPSA) is 130 Å². The van der Waals surface area contributed by atoms with Gasteiger partial charge in [0.05, 0.1) is 17.3 Å². The number of carbonyl (C=O) groups excluding carboxylic acids is 1. The van der Waals surface area contributed by atoms with Crippen LogP contribution in [0.15, 0.2) is 53.6 Å². The van der Waals surface area contributed by atoms with Gasteiger partial charge in [-0.2, -0.15) is 28.8 Å². The molecule has 0 fully saturated rings. The van der Waals surface area contributed by atoms with Crippen molar-refractivity contribution in [2.75, 3.05) is 4.90 Å². The number of anilines is 1. The summed E-state index contributed by atoms with van der Waals surface area (Å²) in [4.78, 5) is 24.2. The zero-order chi connectivity index (χ0) is 24.1. The van der Waals surface area contributed by atoms with Gasteiger partial charge < -0.3 is 5.11 Å². The van der Waals surface area contributed by atoms with Gasteiger partial charge in [-0.25, -0.2) is 9.69 Å². The summed E-state index contributed by atoms with van der Waals surface area (Å²) in [5.74, 6) is -1.51. The van der Waals surface area contributed by atoms with Crippen LogP contribution in [0.2, 0.25) is 5.02 Å². The minimum absolute atomic E-state index is 0.0506. The average Bonchev–Trinajstić information content (AvgIpc) is 2.74. The lowest BCUT2D eigenvalue weighted by Crippen LogP contribution is -2.42. The van der Waals surface area contributed by atoms with E-state index in [0.717, 1.165) is 12.1 Å². The number of hydrogen-bond donors (Lipinski definition) is 2. The Kier molecular flexibility index (Phi) is 7.08. The highest BCUT2D eigenvalue weighted by molar-refractivity contribution is 6.52. The number of alkyl halides is 3. The molecule has 2 N–H and O–H groups in total. The molecule has 1 atom stereocenters. The zero-order valence-electron chi connectivity index (χ0n) is 16.2. The van der Waals surface area contributed by atoms with E-state index in [9.17, 15) is 38.4 Å². The van der Waals surface area contributed by atoms with Crippen LogP contribution in [-0.2, 0) is 16.5 Å². The number of carbonyl (C=O) groups is 2. The number of carboxylic acid groups (broad SMARTS) is 1. The van der Waals surface area contributed by atoms with Crippen LogP contribution in [0.4, 0.5) is 23.7 Å². The molecule has 32 heavy (non-hydrogen) atoms. The second-order valence-electron chi connectivity index (χ2n) is 6.40. The number of benzene rings is 2. The quantitative estimate of drug-likeness (QED) is 0.503. The minimum atomic E-state index is -4.79. The van der Waals surface area contributed by atoms with Crippen molar-refractivity contribution in [2.24, 2.45) is 5.10 Å². The molecule has 164 valence electrons. The molecule has 2 aromatic rings. The van der Waals surface area contributed by atoms with Gasteiger partial charge >= 0.3 is 12.3 Å². The van der Waals surface area contributed by atoms with Crippen LogP contribution in [0.5, 0.6) is 0 Å². The predicted octanol–water partition coefficient (Wildman–Crippen LogP) is 4.28. The largest absolute Gasteiger partial charge is 0.464 e. The first kappa shape index (κ1) is 24.2. The molecular weight excluding hydrogens is 451 g/mol. The number of nitriles is 2. The first-order valence-corrected chi connectivity index (χ1v) is 8.97. The summed E-state index contributed by atoms with van der Waals surface area (Å²) >= 11 is 5.81. The van der Waals surface area contributed by atoms with Crippen molar-refractivity contribution in [1.82, 2.24) is 5.43 Å². The van der Waals surface area contributed by atoms with Gasteiger partial charge in [-0.15, -0.1) is 0 Å². The van der Waals surface area contributed by atoms with Gasteiger partial charge in [0, 0.05) is 5.02 Å². The SMILES string of the molecule is CC(C#N)(NN=C(C#N)C(=O)N(C(=O)O)c1cccc(C(F)(F)F)c1)c1ccc(Cl)cc1. The third kappa shape index (κ3) is 5.33. The number of imide groups is 1. The van der Waals surface area contributed by atoms with E-state index in [4.69, 9.17) is 11.6 Å². The second kappa shape index (κ2) is 9.37. The Morgan fingerprint density at radius 2 is 1.75 bits per heavy atom. The van der Waals surface area contributed by atoms with Gasteiger partial charge in [0.2, 0.25) is 5.71 Å². The van der Waals surface area contributed by atoms with Crippen molar-refractivity contribution in [2.45, 2.75) is 18.6 Å². The van der Waals surface area contributed by atoms with Gasteiger partial charge in [-0.05, 0) is 42.8 Å². The number of nitrogens with zero attached hydrogens (tertiary/aromatic N) is 4. The van der Waals surface area contributed by atoms with Crippen LogP contribution in [0.25, 0.3) is 0 Å². The summed E-state index contributed by atoms with van der Waals surface area (Å²) in [6.45, 7) is 1.38. The minimum Gasteiger partial charge on any atom is -0.464 e. The molecule has 1 unspecified atom stereocenters. The smallest absolute Gasteiger partial charge is 0.419 e. The van der Waals surface area contributed by atoms with Gasteiger partial charge in [0.25, 0.3) is 5.91 Å². The highest BCUT2D eigenvalue weighted by Crippen LogP contribution is 2.32. The summed E-state index contributed by atoms with van der Waals surface area (Å²) in [6.07, 6.45) is -6.72. The molecule has 2 rings (SSSR count). The molecule has 0 aliphatic rings. The Labute approximate surface area is 184 Å². The number of halogens is 4. The van der Waals surface area contributed by atoms with Crippen LogP contribution in [0, 0.1) is 22.7 Å². The predicted molar refractivity (Wildman–Crippen MR) is 108 cm³/mol. The van der Waals surface area contributed by atoms with Crippen LogP contribution >= 0.6 is 11.6 Å². The molecule has 0 saturated carbocycles. The third-order valence-corrected chi connectivity index (χ3v) is 4.42. The summed E-state index contributed by atoms with van der Waals surface area (Å²) in [7, 11) is 0. The normalized spacial score (nSPS) is 13.3. The van der Waals surface area contributed by atoms with Gasteiger partial charge in [-0.3, -0.25) is 10.2 Å². The van der Waals surface area contributed by atoms with E-state index in [-0.39, 0.29) is 4.90 Å².